The minimum absolute atomic E-state index is 1.00. The third kappa shape index (κ3) is 2.86. The zero-order valence-corrected chi connectivity index (χ0v) is 12.0. The van der Waals surface area contributed by atoms with Gasteiger partial charge in [0, 0.05) is 46.3 Å². The maximum Gasteiger partial charge on any atom is 0.140 e. The number of aromatic nitrogens is 2. The first-order valence-electron chi connectivity index (χ1n) is 6.67. The number of thiophene rings is 1. The van der Waals surface area contributed by atoms with Crippen molar-refractivity contribution in [3.05, 3.63) is 17.8 Å². The van der Waals surface area contributed by atoms with Crippen molar-refractivity contribution in [3.8, 4) is 0 Å². The van der Waals surface area contributed by atoms with Crippen LogP contribution in [-0.4, -0.2) is 61.2 Å². The Morgan fingerprint density at radius 1 is 1.37 bits per heavy atom. The number of hydrogen-bond acceptors (Lipinski definition) is 6. The fourth-order valence-electron chi connectivity index (χ4n) is 2.41. The van der Waals surface area contributed by atoms with Gasteiger partial charge < -0.3 is 10.2 Å². The Morgan fingerprint density at radius 3 is 3.05 bits per heavy atom. The van der Waals surface area contributed by atoms with Crippen LogP contribution in [0.2, 0.25) is 0 Å². The maximum absolute atomic E-state index is 4.43. The minimum atomic E-state index is 1.00. The van der Waals surface area contributed by atoms with Gasteiger partial charge in [-0.1, -0.05) is 0 Å². The largest absolute Gasteiger partial charge is 0.358 e. The highest BCUT2D eigenvalue weighted by Gasteiger charge is 2.13. The summed E-state index contributed by atoms with van der Waals surface area (Å²) in [7, 11) is 2.11. The zero-order valence-electron chi connectivity index (χ0n) is 11.2. The molecule has 102 valence electrons. The minimum Gasteiger partial charge on any atom is -0.358 e. The van der Waals surface area contributed by atoms with E-state index in [0.717, 1.165) is 55.3 Å². The van der Waals surface area contributed by atoms with Crippen LogP contribution in [0.5, 0.6) is 0 Å². The number of piperazine rings is 1. The second-order valence-electron chi connectivity index (χ2n) is 4.85. The van der Waals surface area contributed by atoms with E-state index in [1.165, 1.54) is 0 Å². The molecule has 1 saturated heterocycles. The van der Waals surface area contributed by atoms with Crippen LogP contribution in [0.1, 0.15) is 0 Å². The summed E-state index contributed by atoms with van der Waals surface area (Å²) in [5.74, 6) is 1.04. The summed E-state index contributed by atoms with van der Waals surface area (Å²) < 4.78 is 0. The smallest absolute Gasteiger partial charge is 0.140 e. The molecule has 6 heteroatoms. The Hall–Kier alpha value is -1.24. The summed E-state index contributed by atoms with van der Waals surface area (Å²) in [6, 6.07) is 2.11. The molecule has 2 aromatic rings. The third-order valence-corrected chi connectivity index (χ3v) is 4.38. The lowest BCUT2D eigenvalue weighted by Gasteiger charge is -2.29. The summed E-state index contributed by atoms with van der Waals surface area (Å²) >= 11 is 1.67. The van der Waals surface area contributed by atoms with Gasteiger partial charge in [0.25, 0.3) is 0 Å². The van der Waals surface area contributed by atoms with Gasteiger partial charge in [0.15, 0.2) is 0 Å². The van der Waals surface area contributed by atoms with E-state index in [-0.39, 0.29) is 0 Å². The quantitative estimate of drug-likeness (QED) is 0.904. The molecule has 3 heterocycles. The molecule has 5 nitrogen and oxygen atoms in total. The molecule has 2 aromatic heterocycles. The summed E-state index contributed by atoms with van der Waals surface area (Å²) in [5.41, 5.74) is 0. The Labute approximate surface area is 117 Å². The van der Waals surface area contributed by atoms with Crippen molar-refractivity contribution < 1.29 is 0 Å². The Bertz CT molecular complexity index is 535. The lowest BCUT2D eigenvalue weighted by atomic mass is 10.3. The molecule has 0 atom stereocenters. The van der Waals surface area contributed by atoms with Crippen molar-refractivity contribution in [2.75, 3.05) is 51.2 Å². The molecule has 1 N–H and O–H groups in total. The summed E-state index contributed by atoms with van der Waals surface area (Å²) in [6.45, 7) is 6.59. The van der Waals surface area contributed by atoms with Gasteiger partial charge in [-0.15, -0.1) is 11.3 Å². The van der Waals surface area contributed by atoms with Crippen molar-refractivity contribution in [1.29, 1.82) is 0 Å². The number of hydrogen-bond donors (Lipinski definition) is 1. The van der Waals surface area contributed by atoms with Crippen LogP contribution >= 0.6 is 11.3 Å². The van der Waals surface area contributed by atoms with E-state index in [4.69, 9.17) is 0 Å². The average Bonchev–Trinajstić information content (AvgIpc) is 2.94. The molecule has 0 saturated carbocycles. The van der Waals surface area contributed by atoms with Crippen LogP contribution in [0.3, 0.4) is 0 Å². The zero-order chi connectivity index (χ0) is 13.1. The first kappa shape index (κ1) is 12.8. The van der Waals surface area contributed by atoms with Gasteiger partial charge in [-0.05, 0) is 11.4 Å². The predicted octanol–water partition coefficient (Wildman–Crippen LogP) is 1.03. The van der Waals surface area contributed by atoms with E-state index in [1.54, 1.807) is 17.7 Å². The number of anilines is 1. The fourth-order valence-corrected chi connectivity index (χ4v) is 3.14. The van der Waals surface area contributed by atoms with Gasteiger partial charge in [-0.2, -0.15) is 0 Å². The molecule has 1 fully saturated rings. The van der Waals surface area contributed by atoms with Crippen molar-refractivity contribution in [1.82, 2.24) is 20.2 Å². The highest BCUT2D eigenvalue weighted by Crippen LogP contribution is 2.25. The second kappa shape index (κ2) is 5.81. The molecule has 0 spiro atoms. The van der Waals surface area contributed by atoms with Crippen LogP contribution in [0.15, 0.2) is 17.8 Å². The highest BCUT2D eigenvalue weighted by molar-refractivity contribution is 7.16. The standard InChI is InChI=1S/C13H19N5S/c1-17(7-8-18-5-3-14-4-6-18)12-11-2-9-19-13(11)16-10-15-12/h2,9-10,14H,3-8H2,1H3. The molecule has 19 heavy (non-hydrogen) atoms. The first-order chi connectivity index (χ1) is 9.34. The van der Waals surface area contributed by atoms with Gasteiger partial charge in [-0.25, -0.2) is 9.97 Å². The molecule has 1 aliphatic rings. The van der Waals surface area contributed by atoms with Gasteiger partial charge in [0.05, 0.1) is 5.39 Å². The summed E-state index contributed by atoms with van der Waals surface area (Å²) in [6.07, 6.45) is 1.66. The van der Waals surface area contributed by atoms with Crippen LogP contribution < -0.4 is 10.2 Å². The van der Waals surface area contributed by atoms with E-state index in [0.29, 0.717) is 0 Å². The lowest BCUT2D eigenvalue weighted by Crippen LogP contribution is -2.46. The summed E-state index contributed by atoms with van der Waals surface area (Å²) in [4.78, 5) is 14.5. The number of nitrogens with one attached hydrogen (secondary N) is 1. The van der Waals surface area contributed by atoms with E-state index in [2.05, 4.69) is 43.6 Å². The van der Waals surface area contributed by atoms with E-state index >= 15 is 0 Å². The molecule has 0 bridgehead atoms. The van der Waals surface area contributed by atoms with Crippen molar-refractivity contribution in [3.63, 3.8) is 0 Å². The van der Waals surface area contributed by atoms with Crippen molar-refractivity contribution in [2.24, 2.45) is 0 Å². The van der Waals surface area contributed by atoms with Gasteiger partial charge in [0.1, 0.15) is 17.0 Å². The number of nitrogens with zero attached hydrogens (tertiary/aromatic N) is 4. The lowest BCUT2D eigenvalue weighted by molar-refractivity contribution is 0.246. The van der Waals surface area contributed by atoms with Crippen molar-refractivity contribution in [2.45, 2.75) is 0 Å². The predicted molar refractivity (Wildman–Crippen MR) is 80.0 cm³/mol. The van der Waals surface area contributed by atoms with Gasteiger partial charge in [0.2, 0.25) is 0 Å². The van der Waals surface area contributed by atoms with Gasteiger partial charge >= 0.3 is 0 Å². The number of fused-ring (bicyclic) bond motifs is 1. The average molecular weight is 277 g/mol. The SMILES string of the molecule is CN(CCN1CCNCC1)c1ncnc2sccc12. The first-order valence-corrected chi connectivity index (χ1v) is 7.55. The van der Waals surface area contributed by atoms with Crippen LogP contribution in [0.4, 0.5) is 5.82 Å². The molecular weight excluding hydrogens is 258 g/mol. The van der Waals surface area contributed by atoms with Crippen molar-refractivity contribution >= 4 is 27.4 Å². The number of rotatable bonds is 4. The van der Waals surface area contributed by atoms with E-state index < -0.39 is 0 Å². The molecule has 1 aliphatic heterocycles. The topological polar surface area (TPSA) is 44.3 Å². The number of likely N-dealkylation sites (N-methyl/N-ethyl adjacent to an activating group) is 1. The second-order valence-corrected chi connectivity index (χ2v) is 5.74. The highest BCUT2D eigenvalue weighted by atomic mass is 32.1. The third-order valence-electron chi connectivity index (χ3n) is 3.56. The fraction of sp³-hybridized carbons (Fsp3) is 0.538. The Balaban J connectivity index is 1.66. The monoisotopic (exact) mass is 277 g/mol. The van der Waals surface area contributed by atoms with E-state index in [1.807, 2.05) is 0 Å². The van der Waals surface area contributed by atoms with Gasteiger partial charge in [-0.3, -0.25) is 4.90 Å². The molecular formula is C13H19N5S. The molecule has 0 unspecified atom stereocenters. The molecule has 0 radical (unpaired) electrons. The Morgan fingerprint density at radius 2 is 2.21 bits per heavy atom. The van der Waals surface area contributed by atoms with Crippen LogP contribution in [0, 0.1) is 0 Å². The molecule has 0 aromatic carbocycles. The Kier molecular flexibility index (Phi) is 3.91. The maximum atomic E-state index is 4.43. The molecule has 0 aliphatic carbocycles. The summed E-state index contributed by atoms with van der Waals surface area (Å²) in [5, 5.41) is 6.62. The normalized spacial score (nSPS) is 16.9. The van der Waals surface area contributed by atoms with E-state index in [9.17, 15) is 0 Å². The van der Waals surface area contributed by atoms with Crippen LogP contribution in [-0.2, 0) is 0 Å². The van der Waals surface area contributed by atoms with Crippen LogP contribution in [0.25, 0.3) is 10.2 Å². The molecule has 3 rings (SSSR count). The molecule has 0 amide bonds.